The van der Waals surface area contributed by atoms with E-state index >= 15 is 0 Å². The summed E-state index contributed by atoms with van der Waals surface area (Å²) in [5, 5.41) is 0.462. The van der Waals surface area contributed by atoms with Gasteiger partial charge in [-0.3, -0.25) is 9.59 Å². The molecule has 1 rings (SSSR count). The first kappa shape index (κ1) is 17.0. The van der Waals surface area contributed by atoms with E-state index in [0.717, 1.165) is 0 Å². The molecule has 0 aliphatic carbocycles. The molecule has 0 saturated carbocycles. The van der Waals surface area contributed by atoms with Crippen molar-refractivity contribution in [3.8, 4) is 0 Å². The molecule has 0 spiro atoms. The van der Waals surface area contributed by atoms with Gasteiger partial charge in [0.2, 0.25) is 5.78 Å². The predicted molar refractivity (Wildman–Crippen MR) is 70.0 cm³/mol. The quantitative estimate of drug-likeness (QED) is 0.757. The minimum Gasteiger partial charge on any atom is -0.299 e. The van der Waals surface area contributed by atoms with Gasteiger partial charge in [0.25, 0.3) is 0 Å². The minimum absolute atomic E-state index is 0.152. The Morgan fingerprint density at radius 3 is 2.05 bits per heavy atom. The Bertz CT molecular complexity index is 507. The van der Waals surface area contributed by atoms with Crippen LogP contribution in [0, 0.1) is 5.92 Å². The van der Waals surface area contributed by atoms with Crippen LogP contribution < -0.4 is 0 Å². The van der Waals surface area contributed by atoms with E-state index in [1.165, 1.54) is 25.1 Å². The summed E-state index contributed by atoms with van der Waals surface area (Å²) in [6.45, 7) is 1.41. The van der Waals surface area contributed by atoms with Crippen molar-refractivity contribution in [3.05, 3.63) is 33.8 Å². The molecule has 0 radical (unpaired) electrons. The zero-order valence-electron chi connectivity index (χ0n) is 10.4. The zero-order valence-corrected chi connectivity index (χ0v) is 11.9. The lowest BCUT2D eigenvalue weighted by atomic mass is 9.90. The zero-order chi connectivity index (χ0) is 15.5. The number of rotatable bonds is 5. The lowest BCUT2D eigenvalue weighted by Crippen LogP contribution is -2.36. The van der Waals surface area contributed by atoms with Crippen LogP contribution in [-0.4, -0.2) is 17.7 Å². The summed E-state index contributed by atoms with van der Waals surface area (Å²) in [6.07, 6.45) is -5.57. The molecule has 0 saturated heterocycles. The van der Waals surface area contributed by atoms with Gasteiger partial charge < -0.3 is 0 Å². The number of hydrogen-bond acceptors (Lipinski definition) is 2. The number of alkyl halides is 3. The second-order valence-corrected chi connectivity index (χ2v) is 5.09. The maximum atomic E-state index is 12.5. The van der Waals surface area contributed by atoms with Crippen LogP contribution in [0.3, 0.4) is 0 Å². The first-order valence-corrected chi connectivity index (χ1v) is 6.49. The smallest absolute Gasteiger partial charge is 0.299 e. The van der Waals surface area contributed by atoms with Crippen LogP contribution in [0.25, 0.3) is 0 Å². The molecule has 110 valence electrons. The number of hydrogen-bond donors (Lipinski definition) is 0. The Balaban J connectivity index is 3.07. The molecule has 1 aromatic carbocycles. The van der Waals surface area contributed by atoms with Gasteiger partial charge in [0.1, 0.15) is 5.78 Å². The molecule has 0 amide bonds. The molecule has 0 N–H and O–H groups in total. The molecule has 7 heteroatoms. The van der Waals surface area contributed by atoms with Crippen molar-refractivity contribution in [2.75, 3.05) is 0 Å². The number of Topliss-reactive ketones (excluding diaryl/α,β-unsaturated/α-hetero) is 2. The molecule has 0 heterocycles. The molecule has 0 aliphatic heterocycles. The summed E-state index contributed by atoms with van der Waals surface area (Å²) in [4.78, 5) is 22.9. The van der Waals surface area contributed by atoms with Gasteiger partial charge in [-0.1, -0.05) is 30.1 Å². The van der Waals surface area contributed by atoms with Crippen molar-refractivity contribution in [2.45, 2.75) is 25.9 Å². The van der Waals surface area contributed by atoms with Gasteiger partial charge in [-0.2, -0.15) is 13.2 Å². The van der Waals surface area contributed by atoms with Gasteiger partial charge in [0, 0.05) is 16.5 Å². The molecular formula is C13H11Cl2F3O2. The molecular weight excluding hydrogens is 316 g/mol. The molecule has 1 atom stereocenters. The molecule has 1 unspecified atom stereocenters. The van der Waals surface area contributed by atoms with E-state index in [2.05, 4.69) is 0 Å². The summed E-state index contributed by atoms with van der Waals surface area (Å²) in [7, 11) is 0. The van der Waals surface area contributed by atoms with Gasteiger partial charge in [-0.25, -0.2) is 0 Å². The van der Waals surface area contributed by atoms with E-state index in [-0.39, 0.29) is 22.9 Å². The van der Waals surface area contributed by atoms with Crippen LogP contribution in [0.5, 0.6) is 0 Å². The van der Waals surface area contributed by atoms with E-state index in [4.69, 9.17) is 23.2 Å². The van der Waals surface area contributed by atoms with E-state index in [1.807, 2.05) is 0 Å². The Morgan fingerprint density at radius 1 is 1.15 bits per heavy atom. The van der Waals surface area contributed by atoms with Crippen LogP contribution in [0.15, 0.2) is 18.2 Å². The third-order valence-corrected chi connectivity index (χ3v) is 3.13. The van der Waals surface area contributed by atoms with E-state index < -0.39 is 23.7 Å². The van der Waals surface area contributed by atoms with Gasteiger partial charge >= 0.3 is 6.18 Å². The predicted octanol–water partition coefficient (Wildman–Crippen LogP) is 4.26. The molecule has 0 aliphatic rings. The maximum Gasteiger partial charge on any atom is 0.450 e. The summed E-state index contributed by atoms with van der Waals surface area (Å²) >= 11 is 11.5. The van der Waals surface area contributed by atoms with Gasteiger partial charge in [-0.15, -0.1) is 0 Å². The molecule has 0 aromatic heterocycles. The van der Waals surface area contributed by atoms with E-state index in [9.17, 15) is 22.8 Å². The topological polar surface area (TPSA) is 34.1 Å². The summed E-state index contributed by atoms with van der Waals surface area (Å²) in [6, 6.07) is 4.18. The van der Waals surface area contributed by atoms with Crippen molar-refractivity contribution < 1.29 is 22.8 Å². The highest BCUT2D eigenvalue weighted by Gasteiger charge is 2.45. The van der Waals surface area contributed by atoms with Crippen LogP contribution in [0.4, 0.5) is 13.2 Å². The van der Waals surface area contributed by atoms with Crippen LogP contribution in [0.2, 0.25) is 10.0 Å². The number of carbonyl (C=O) groups is 2. The Labute approximate surface area is 123 Å². The molecule has 0 fully saturated rings. The Kier molecular flexibility index (Phi) is 5.59. The standard InChI is InChI=1S/C13H11Cl2F3O2/c1-2-11(19)10(12(20)13(16,17)18)5-7-3-8(14)6-9(15)4-7/h3-4,6,10H,2,5H2,1H3. The van der Waals surface area contributed by atoms with Crippen molar-refractivity contribution in [2.24, 2.45) is 5.92 Å². The van der Waals surface area contributed by atoms with E-state index in [0.29, 0.717) is 5.56 Å². The second-order valence-electron chi connectivity index (χ2n) is 4.22. The second kappa shape index (κ2) is 6.59. The van der Waals surface area contributed by atoms with Crippen LogP contribution in [0.1, 0.15) is 18.9 Å². The minimum atomic E-state index is -5.04. The largest absolute Gasteiger partial charge is 0.450 e. The number of benzene rings is 1. The summed E-state index contributed by atoms with van der Waals surface area (Å²) in [5.41, 5.74) is 0.312. The maximum absolute atomic E-state index is 12.5. The third-order valence-electron chi connectivity index (χ3n) is 2.70. The SMILES string of the molecule is CCC(=O)C(Cc1cc(Cl)cc(Cl)c1)C(=O)C(F)(F)F. The van der Waals surface area contributed by atoms with Gasteiger partial charge in [0.15, 0.2) is 0 Å². The normalized spacial score (nSPS) is 13.1. The monoisotopic (exact) mass is 326 g/mol. The van der Waals surface area contributed by atoms with Crippen molar-refractivity contribution in [3.63, 3.8) is 0 Å². The van der Waals surface area contributed by atoms with Crippen molar-refractivity contribution in [1.82, 2.24) is 0 Å². The number of ketones is 2. The fourth-order valence-electron chi connectivity index (χ4n) is 1.76. The number of carbonyl (C=O) groups excluding carboxylic acids is 2. The molecule has 0 bridgehead atoms. The lowest BCUT2D eigenvalue weighted by Gasteiger charge is -2.16. The number of halogens is 5. The Morgan fingerprint density at radius 2 is 1.65 bits per heavy atom. The first-order chi connectivity index (χ1) is 9.15. The highest BCUT2D eigenvalue weighted by atomic mass is 35.5. The Hall–Kier alpha value is -1.07. The molecule has 1 aromatic rings. The molecule has 20 heavy (non-hydrogen) atoms. The fourth-order valence-corrected chi connectivity index (χ4v) is 2.33. The van der Waals surface area contributed by atoms with Crippen LogP contribution in [-0.2, 0) is 16.0 Å². The first-order valence-electron chi connectivity index (χ1n) is 5.74. The lowest BCUT2D eigenvalue weighted by molar-refractivity contribution is -0.176. The van der Waals surface area contributed by atoms with Crippen molar-refractivity contribution >= 4 is 34.8 Å². The average molecular weight is 327 g/mol. The van der Waals surface area contributed by atoms with Gasteiger partial charge in [-0.05, 0) is 30.2 Å². The van der Waals surface area contributed by atoms with E-state index in [1.54, 1.807) is 0 Å². The average Bonchev–Trinajstić information content (AvgIpc) is 2.32. The highest BCUT2D eigenvalue weighted by Crippen LogP contribution is 2.27. The van der Waals surface area contributed by atoms with Gasteiger partial charge in [0.05, 0.1) is 5.92 Å². The fraction of sp³-hybridized carbons (Fsp3) is 0.385. The molecule has 2 nitrogen and oxygen atoms in total. The van der Waals surface area contributed by atoms with Crippen molar-refractivity contribution in [1.29, 1.82) is 0 Å². The third kappa shape index (κ3) is 4.49. The van der Waals surface area contributed by atoms with Crippen LogP contribution >= 0.6 is 23.2 Å². The summed E-state index contributed by atoms with van der Waals surface area (Å²) < 4.78 is 37.5. The summed E-state index contributed by atoms with van der Waals surface area (Å²) in [5.74, 6) is -4.56. The highest BCUT2D eigenvalue weighted by molar-refractivity contribution is 6.34.